The maximum absolute atomic E-state index is 12.9. The van der Waals surface area contributed by atoms with Crippen LogP contribution in [0.1, 0.15) is 16.8 Å². The minimum absolute atomic E-state index is 0.0395. The second kappa shape index (κ2) is 10.1. The molecule has 0 spiro atoms. The zero-order valence-electron chi connectivity index (χ0n) is 18.1. The number of methoxy groups -OCH3 is 1. The van der Waals surface area contributed by atoms with E-state index in [2.05, 4.69) is 10.3 Å². The second-order valence-electron chi connectivity index (χ2n) is 7.37. The summed E-state index contributed by atoms with van der Waals surface area (Å²) in [6.07, 6.45) is -4.04. The third-order valence-corrected chi connectivity index (χ3v) is 5.98. The van der Waals surface area contributed by atoms with Crippen molar-refractivity contribution in [2.45, 2.75) is 17.6 Å². The minimum atomic E-state index is -4.48. The van der Waals surface area contributed by atoms with Crippen LogP contribution in [0, 0.1) is 0 Å². The van der Waals surface area contributed by atoms with Crippen LogP contribution in [-0.2, 0) is 17.4 Å². The number of thioether (sulfide) groups is 1. The van der Waals surface area contributed by atoms with Crippen LogP contribution in [-0.4, -0.2) is 28.7 Å². The first-order valence-corrected chi connectivity index (χ1v) is 11.3. The van der Waals surface area contributed by atoms with Crippen molar-refractivity contribution in [2.75, 3.05) is 18.2 Å². The van der Waals surface area contributed by atoms with Gasteiger partial charge in [0.05, 0.1) is 35.2 Å². The van der Waals surface area contributed by atoms with Gasteiger partial charge in [-0.2, -0.15) is 13.2 Å². The monoisotopic (exact) mass is 483 g/mol. The first-order valence-electron chi connectivity index (χ1n) is 10.3. The number of amides is 1. The number of anilines is 1. The summed E-state index contributed by atoms with van der Waals surface area (Å²) in [5.41, 5.74) is 2.28. The van der Waals surface area contributed by atoms with Gasteiger partial charge in [0.25, 0.3) is 0 Å². The molecule has 34 heavy (non-hydrogen) atoms. The van der Waals surface area contributed by atoms with Crippen LogP contribution in [0.25, 0.3) is 11.0 Å². The van der Waals surface area contributed by atoms with Crippen LogP contribution in [0.2, 0.25) is 0 Å². The molecule has 0 aliphatic rings. The number of benzene rings is 3. The third kappa shape index (κ3) is 5.66. The number of para-hydroxylation sites is 3. The maximum Gasteiger partial charge on any atom is 0.416 e. The lowest BCUT2D eigenvalue weighted by Gasteiger charge is -2.12. The van der Waals surface area contributed by atoms with Crippen molar-refractivity contribution < 1.29 is 22.7 Å². The Balaban J connectivity index is 1.55. The molecule has 0 saturated heterocycles. The molecule has 1 amide bonds. The zero-order valence-corrected chi connectivity index (χ0v) is 18.9. The Kier molecular flexibility index (Phi) is 7.02. The van der Waals surface area contributed by atoms with E-state index in [4.69, 9.17) is 9.72 Å². The number of fused-ring (bicyclic) bond motifs is 1. The number of carbonyl (C=O) groups is 1. The number of hydrogen-bond acceptors (Lipinski definition) is 5. The molecule has 3 aromatic carbocycles. The molecule has 9 heteroatoms. The number of ether oxygens (including phenoxy) is 1. The largest absolute Gasteiger partial charge is 0.496 e. The molecule has 0 unspecified atom stereocenters. The molecular weight excluding hydrogens is 463 g/mol. The van der Waals surface area contributed by atoms with Crippen LogP contribution in [0.5, 0.6) is 5.75 Å². The topological polar surface area (TPSA) is 64.1 Å². The molecule has 0 fully saturated rings. The molecular formula is C25H20F3N3O2S. The summed E-state index contributed by atoms with van der Waals surface area (Å²) in [6.45, 7) is 0. The number of alkyl halides is 3. The highest BCUT2D eigenvalue weighted by Crippen LogP contribution is 2.31. The van der Waals surface area contributed by atoms with E-state index in [1.165, 1.54) is 23.9 Å². The highest BCUT2D eigenvalue weighted by Gasteiger charge is 2.30. The summed E-state index contributed by atoms with van der Waals surface area (Å²) in [5, 5.41) is 3.09. The number of carbonyl (C=O) groups excluding carboxylic acids is 1. The Hall–Kier alpha value is -3.59. The smallest absolute Gasteiger partial charge is 0.416 e. The van der Waals surface area contributed by atoms with Gasteiger partial charge in [-0.05, 0) is 36.4 Å². The van der Waals surface area contributed by atoms with Gasteiger partial charge in [-0.25, -0.2) is 9.97 Å². The molecule has 4 aromatic rings. The second-order valence-corrected chi connectivity index (χ2v) is 8.33. The zero-order chi connectivity index (χ0) is 24.1. The van der Waals surface area contributed by atoms with E-state index in [9.17, 15) is 18.0 Å². The summed E-state index contributed by atoms with van der Waals surface area (Å²) in [4.78, 5) is 21.9. The van der Waals surface area contributed by atoms with Crippen molar-refractivity contribution in [1.82, 2.24) is 9.97 Å². The number of nitrogens with zero attached hydrogens (tertiary/aromatic N) is 2. The lowest BCUT2D eigenvalue weighted by molar-refractivity contribution is -0.137. The van der Waals surface area contributed by atoms with Crippen LogP contribution >= 0.6 is 11.8 Å². The first-order chi connectivity index (χ1) is 16.3. The van der Waals surface area contributed by atoms with Crippen molar-refractivity contribution >= 4 is 34.4 Å². The number of hydrogen-bond donors (Lipinski definition) is 1. The van der Waals surface area contributed by atoms with Crippen LogP contribution in [0.3, 0.4) is 0 Å². The molecule has 0 bridgehead atoms. The summed E-state index contributed by atoms with van der Waals surface area (Å²) >= 11 is 1.18. The number of nitrogens with one attached hydrogen (secondary N) is 1. The minimum Gasteiger partial charge on any atom is -0.496 e. The quantitative estimate of drug-likeness (QED) is 0.328. The van der Waals surface area contributed by atoms with E-state index in [1.54, 1.807) is 7.11 Å². The summed E-state index contributed by atoms with van der Waals surface area (Å²) in [5.74, 6) is 0.237. The highest BCUT2D eigenvalue weighted by atomic mass is 32.2. The SMILES string of the molecule is COc1ccccc1Cc1nc2ccccc2nc1SCC(=O)Nc1cccc(C(F)(F)F)c1. The summed E-state index contributed by atoms with van der Waals surface area (Å²) in [6, 6.07) is 19.5. The van der Waals surface area contributed by atoms with Gasteiger partial charge >= 0.3 is 6.18 Å². The summed E-state index contributed by atoms with van der Waals surface area (Å²) in [7, 11) is 1.60. The fourth-order valence-electron chi connectivity index (χ4n) is 3.38. The van der Waals surface area contributed by atoms with Crippen molar-refractivity contribution in [3.05, 3.63) is 89.6 Å². The molecule has 5 nitrogen and oxygen atoms in total. The van der Waals surface area contributed by atoms with Crippen molar-refractivity contribution in [3.63, 3.8) is 0 Å². The number of aromatic nitrogens is 2. The van der Waals surface area contributed by atoms with Gasteiger partial charge in [0.2, 0.25) is 5.91 Å². The van der Waals surface area contributed by atoms with Crippen molar-refractivity contribution in [2.24, 2.45) is 0 Å². The fourth-order valence-corrected chi connectivity index (χ4v) is 4.17. The molecule has 0 aliphatic heterocycles. The fraction of sp³-hybridized carbons (Fsp3) is 0.160. The average molecular weight is 484 g/mol. The highest BCUT2D eigenvalue weighted by molar-refractivity contribution is 8.00. The Bertz CT molecular complexity index is 1330. The van der Waals surface area contributed by atoms with Crippen LogP contribution in [0.4, 0.5) is 18.9 Å². The predicted molar refractivity (Wildman–Crippen MR) is 126 cm³/mol. The van der Waals surface area contributed by atoms with E-state index in [1.807, 2.05) is 48.5 Å². The molecule has 0 atom stereocenters. The van der Waals surface area contributed by atoms with Gasteiger partial charge in [0.1, 0.15) is 10.8 Å². The number of halogens is 3. The molecule has 0 radical (unpaired) electrons. The molecule has 1 heterocycles. The molecule has 0 saturated carbocycles. The van der Waals surface area contributed by atoms with E-state index >= 15 is 0 Å². The van der Waals surface area contributed by atoms with E-state index in [0.29, 0.717) is 22.7 Å². The van der Waals surface area contributed by atoms with Gasteiger partial charge in [-0.1, -0.05) is 48.2 Å². The van der Waals surface area contributed by atoms with Gasteiger partial charge in [0, 0.05) is 17.7 Å². The van der Waals surface area contributed by atoms with E-state index in [0.717, 1.165) is 29.0 Å². The Morgan fingerprint density at radius 3 is 2.41 bits per heavy atom. The Morgan fingerprint density at radius 2 is 1.68 bits per heavy atom. The van der Waals surface area contributed by atoms with Crippen molar-refractivity contribution in [1.29, 1.82) is 0 Å². The van der Waals surface area contributed by atoms with Crippen LogP contribution < -0.4 is 10.1 Å². The van der Waals surface area contributed by atoms with Gasteiger partial charge < -0.3 is 10.1 Å². The molecule has 0 aliphatic carbocycles. The number of rotatable bonds is 7. The predicted octanol–water partition coefficient (Wildman–Crippen LogP) is 5.98. The molecule has 4 rings (SSSR count). The van der Waals surface area contributed by atoms with E-state index in [-0.39, 0.29) is 11.4 Å². The molecule has 1 N–H and O–H groups in total. The van der Waals surface area contributed by atoms with Gasteiger partial charge in [-0.15, -0.1) is 0 Å². The third-order valence-electron chi connectivity index (χ3n) is 4.97. The summed E-state index contributed by atoms with van der Waals surface area (Å²) < 4.78 is 44.3. The normalized spacial score (nSPS) is 11.4. The maximum atomic E-state index is 12.9. The first kappa shape index (κ1) is 23.6. The standard InChI is InChI=1S/C25H20F3N3O2S/c1-33-22-12-5-2-7-16(22)13-21-24(31-20-11-4-3-10-19(20)30-21)34-15-23(32)29-18-9-6-8-17(14-18)25(26,27)28/h2-12,14H,13,15H2,1H3,(H,29,32). The van der Waals surface area contributed by atoms with Gasteiger partial charge in [0.15, 0.2) is 0 Å². The lowest BCUT2D eigenvalue weighted by atomic mass is 10.1. The average Bonchev–Trinajstić information content (AvgIpc) is 2.82. The van der Waals surface area contributed by atoms with E-state index < -0.39 is 17.6 Å². The van der Waals surface area contributed by atoms with Crippen molar-refractivity contribution in [3.8, 4) is 5.75 Å². The lowest BCUT2D eigenvalue weighted by Crippen LogP contribution is -2.15. The van der Waals surface area contributed by atoms with Gasteiger partial charge in [-0.3, -0.25) is 4.79 Å². The Morgan fingerprint density at radius 1 is 0.971 bits per heavy atom. The Labute approximate surface area is 198 Å². The molecule has 1 aromatic heterocycles. The molecule has 174 valence electrons. The van der Waals surface area contributed by atoms with Crippen LogP contribution in [0.15, 0.2) is 77.8 Å².